The average molecular weight is 396 g/mol. The Morgan fingerprint density at radius 1 is 1.14 bits per heavy atom. The quantitative estimate of drug-likeness (QED) is 0.801. The van der Waals surface area contributed by atoms with Crippen LogP contribution in [0.5, 0.6) is 0 Å². The summed E-state index contributed by atoms with van der Waals surface area (Å²) in [5, 5.41) is 9.98. The minimum atomic E-state index is 0.00955. The summed E-state index contributed by atoms with van der Waals surface area (Å²) >= 11 is 0. The number of hydrogen-bond donors (Lipinski definition) is 1. The summed E-state index contributed by atoms with van der Waals surface area (Å²) in [6.07, 6.45) is 5.26. The van der Waals surface area contributed by atoms with Gasteiger partial charge in [-0.15, -0.1) is 0 Å². The number of carbonyl (C=O) groups excluding carboxylic acids is 1. The van der Waals surface area contributed by atoms with E-state index < -0.39 is 0 Å². The highest BCUT2D eigenvalue weighted by molar-refractivity contribution is 5.77. The van der Waals surface area contributed by atoms with E-state index >= 15 is 0 Å². The highest BCUT2D eigenvalue weighted by atomic mass is 16.5. The molecule has 1 unspecified atom stereocenters. The third-order valence-electron chi connectivity index (χ3n) is 6.32. The van der Waals surface area contributed by atoms with Gasteiger partial charge in [0.15, 0.2) is 0 Å². The van der Waals surface area contributed by atoms with E-state index in [1.165, 1.54) is 0 Å². The van der Waals surface area contributed by atoms with Gasteiger partial charge in [0.1, 0.15) is 6.61 Å². The first-order valence-electron chi connectivity index (χ1n) is 10.2. The van der Waals surface area contributed by atoms with Crippen molar-refractivity contribution in [3.05, 3.63) is 54.4 Å². The van der Waals surface area contributed by atoms with Crippen LogP contribution in [-0.4, -0.2) is 65.3 Å². The lowest BCUT2D eigenvalue weighted by molar-refractivity contribution is -0.139. The van der Waals surface area contributed by atoms with Gasteiger partial charge in [0, 0.05) is 51.1 Å². The van der Waals surface area contributed by atoms with Gasteiger partial charge in [0.2, 0.25) is 11.9 Å². The molecule has 0 radical (unpaired) electrons. The van der Waals surface area contributed by atoms with E-state index in [2.05, 4.69) is 14.9 Å². The summed E-state index contributed by atoms with van der Waals surface area (Å²) in [7, 11) is 0. The van der Waals surface area contributed by atoms with Gasteiger partial charge in [-0.2, -0.15) is 0 Å². The van der Waals surface area contributed by atoms with Crippen LogP contribution in [0.2, 0.25) is 0 Å². The fraction of sp³-hybridized carbons (Fsp3) is 0.500. The van der Waals surface area contributed by atoms with Gasteiger partial charge in [-0.1, -0.05) is 30.3 Å². The van der Waals surface area contributed by atoms with Gasteiger partial charge in [0.05, 0.1) is 6.61 Å². The van der Waals surface area contributed by atoms with Crippen LogP contribution >= 0.6 is 0 Å². The van der Waals surface area contributed by atoms with Crippen LogP contribution in [0.4, 0.5) is 5.95 Å². The van der Waals surface area contributed by atoms with Gasteiger partial charge in [0.25, 0.3) is 0 Å². The number of aromatic nitrogens is 2. The van der Waals surface area contributed by atoms with Gasteiger partial charge in [-0.05, 0) is 29.9 Å². The molecule has 3 heterocycles. The molecule has 7 heteroatoms. The first-order chi connectivity index (χ1) is 14.2. The summed E-state index contributed by atoms with van der Waals surface area (Å²) in [6.45, 7) is 3.69. The molecule has 7 nitrogen and oxygen atoms in total. The van der Waals surface area contributed by atoms with Crippen LogP contribution in [0.1, 0.15) is 18.4 Å². The molecular formula is C22H28N4O3. The lowest BCUT2D eigenvalue weighted by atomic mass is 9.71. The molecule has 1 amide bonds. The second-order valence-electron chi connectivity index (χ2n) is 8.03. The van der Waals surface area contributed by atoms with Crippen LogP contribution in [0, 0.1) is 11.3 Å². The molecule has 0 aliphatic carbocycles. The van der Waals surface area contributed by atoms with E-state index in [4.69, 9.17) is 4.74 Å². The maximum Gasteiger partial charge on any atom is 0.248 e. The summed E-state index contributed by atoms with van der Waals surface area (Å²) < 4.78 is 5.61. The number of aliphatic hydroxyl groups is 1. The zero-order valence-electron chi connectivity index (χ0n) is 16.6. The molecule has 154 valence electrons. The molecular weight excluding hydrogens is 368 g/mol. The Labute approximate surface area is 171 Å². The van der Waals surface area contributed by atoms with E-state index in [1.54, 1.807) is 12.4 Å². The molecule has 1 spiro atoms. The molecule has 1 aromatic carbocycles. The number of hydrogen-bond acceptors (Lipinski definition) is 6. The van der Waals surface area contributed by atoms with Crippen molar-refractivity contribution >= 4 is 11.9 Å². The minimum Gasteiger partial charge on any atom is -0.396 e. The van der Waals surface area contributed by atoms with Gasteiger partial charge in [-0.3, -0.25) is 4.79 Å². The first kappa shape index (κ1) is 19.8. The van der Waals surface area contributed by atoms with Crippen molar-refractivity contribution in [3.63, 3.8) is 0 Å². The molecule has 1 atom stereocenters. The van der Waals surface area contributed by atoms with Crippen molar-refractivity contribution in [3.8, 4) is 0 Å². The number of likely N-dealkylation sites (tertiary alicyclic amines) is 1. The normalized spacial score (nSPS) is 20.9. The number of aliphatic hydroxyl groups excluding tert-OH is 1. The van der Waals surface area contributed by atoms with Gasteiger partial charge >= 0.3 is 0 Å². The largest absolute Gasteiger partial charge is 0.396 e. The second kappa shape index (κ2) is 8.88. The summed E-state index contributed by atoms with van der Waals surface area (Å²) in [6, 6.07) is 11.7. The average Bonchev–Trinajstić information content (AvgIpc) is 3.13. The standard InChI is InChI=1S/C22H28N4O3/c27-14-19-13-26(21-23-9-4-10-24-21)17-22(19)7-11-25(12-8-22)20(28)16-29-15-18-5-2-1-3-6-18/h1-6,9-10,19,27H,7-8,11-17H2. The number of rotatable bonds is 6. The topological polar surface area (TPSA) is 78.8 Å². The Balaban J connectivity index is 1.30. The highest BCUT2D eigenvalue weighted by Crippen LogP contribution is 2.45. The van der Waals surface area contributed by atoms with Crippen LogP contribution in [0.3, 0.4) is 0 Å². The number of piperidine rings is 1. The Morgan fingerprint density at radius 2 is 1.86 bits per heavy atom. The third kappa shape index (κ3) is 4.41. The smallest absolute Gasteiger partial charge is 0.248 e. The predicted octanol–water partition coefficient (Wildman–Crippen LogP) is 1.73. The number of carbonyl (C=O) groups is 1. The maximum absolute atomic E-state index is 12.5. The van der Waals surface area contributed by atoms with Crippen molar-refractivity contribution in [1.82, 2.24) is 14.9 Å². The molecule has 1 aromatic heterocycles. The van der Waals surface area contributed by atoms with E-state index in [9.17, 15) is 9.90 Å². The Morgan fingerprint density at radius 3 is 2.55 bits per heavy atom. The summed E-state index contributed by atoms with van der Waals surface area (Å²) in [5.74, 6) is 0.936. The molecule has 2 aliphatic rings. The van der Waals surface area contributed by atoms with Crippen molar-refractivity contribution in [2.75, 3.05) is 44.3 Å². The fourth-order valence-corrected chi connectivity index (χ4v) is 4.58. The zero-order valence-corrected chi connectivity index (χ0v) is 16.6. The number of benzene rings is 1. The molecule has 2 aliphatic heterocycles. The molecule has 29 heavy (non-hydrogen) atoms. The monoisotopic (exact) mass is 396 g/mol. The molecule has 1 N–H and O–H groups in total. The summed E-state index contributed by atoms with van der Waals surface area (Å²) in [4.78, 5) is 25.3. The molecule has 0 bridgehead atoms. The number of amides is 1. The molecule has 2 aromatic rings. The fourth-order valence-electron chi connectivity index (χ4n) is 4.58. The van der Waals surface area contributed by atoms with Crippen LogP contribution in [0.15, 0.2) is 48.8 Å². The van der Waals surface area contributed by atoms with Crippen LogP contribution in [0.25, 0.3) is 0 Å². The Bertz CT molecular complexity index is 794. The molecule has 0 saturated carbocycles. The highest BCUT2D eigenvalue weighted by Gasteiger charge is 2.48. The van der Waals surface area contributed by atoms with E-state index in [0.29, 0.717) is 19.7 Å². The van der Waals surface area contributed by atoms with E-state index in [1.807, 2.05) is 41.3 Å². The van der Waals surface area contributed by atoms with Gasteiger partial charge < -0.3 is 19.6 Å². The molecule has 2 saturated heterocycles. The molecule has 2 fully saturated rings. The van der Waals surface area contributed by atoms with E-state index in [-0.39, 0.29) is 30.5 Å². The number of ether oxygens (including phenoxy) is 1. The maximum atomic E-state index is 12.5. The summed E-state index contributed by atoms with van der Waals surface area (Å²) in [5.41, 5.74) is 1.08. The SMILES string of the molecule is O=C(COCc1ccccc1)N1CCC2(CC1)CN(c1ncccn1)CC2CO. The van der Waals surface area contributed by atoms with Crippen LogP contribution < -0.4 is 4.90 Å². The van der Waals surface area contributed by atoms with Crippen molar-refractivity contribution < 1.29 is 14.6 Å². The van der Waals surface area contributed by atoms with Gasteiger partial charge in [-0.25, -0.2) is 9.97 Å². The number of anilines is 1. The lowest BCUT2D eigenvalue weighted by Gasteiger charge is -2.42. The second-order valence-corrected chi connectivity index (χ2v) is 8.03. The Hall–Kier alpha value is -2.51. The Kier molecular flexibility index (Phi) is 6.06. The minimum absolute atomic E-state index is 0.00955. The predicted molar refractivity (Wildman–Crippen MR) is 109 cm³/mol. The number of nitrogens with zero attached hydrogens (tertiary/aromatic N) is 4. The zero-order chi connectivity index (χ0) is 20.1. The first-order valence-corrected chi connectivity index (χ1v) is 10.2. The van der Waals surface area contributed by atoms with Crippen LogP contribution in [-0.2, 0) is 16.1 Å². The lowest BCUT2D eigenvalue weighted by Crippen LogP contribution is -2.48. The van der Waals surface area contributed by atoms with E-state index in [0.717, 1.165) is 37.4 Å². The molecule has 4 rings (SSSR count). The van der Waals surface area contributed by atoms with Crippen molar-refractivity contribution in [2.24, 2.45) is 11.3 Å². The van der Waals surface area contributed by atoms with Crippen molar-refractivity contribution in [1.29, 1.82) is 0 Å². The third-order valence-corrected chi connectivity index (χ3v) is 6.32. The van der Waals surface area contributed by atoms with Crippen molar-refractivity contribution in [2.45, 2.75) is 19.4 Å².